The number of rotatable bonds is 6. The van der Waals surface area contributed by atoms with Gasteiger partial charge in [-0.05, 0) is 13.3 Å². The number of hydrogen-bond donors (Lipinski definition) is 1. The minimum Gasteiger partial charge on any atom is -0.530 e. The van der Waals surface area contributed by atoms with Crippen molar-refractivity contribution in [3.63, 3.8) is 0 Å². The van der Waals surface area contributed by atoms with Crippen molar-refractivity contribution in [1.82, 2.24) is 25.1 Å². The molecule has 2 aliphatic rings. The van der Waals surface area contributed by atoms with Gasteiger partial charge in [0.25, 0.3) is 0 Å². The number of nitrogens with zero attached hydrogens (tertiary/aromatic N) is 4. The van der Waals surface area contributed by atoms with E-state index in [1.54, 1.807) is 37.3 Å². The molecule has 0 saturated carbocycles. The highest BCUT2D eigenvalue weighted by molar-refractivity contribution is 5.80. The third kappa shape index (κ3) is 6.34. The zero-order valence-corrected chi connectivity index (χ0v) is 20.0. The van der Waals surface area contributed by atoms with Gasteiger partial charge in [-0.3, -0.25) is 9.59 Å². The molecule has 1 fully saturated rings. The number of hydrogen-bond acceptors (Lipinski definition) is 7. The quantitative estimate of drug-likeness (QED) is 0.602. The Hall–Kier alpha value is -3.74. The summed E-state index contributed by atoms with van der Waals surface area (Å²) in [6.07, 6.45) is -6.98. The lowest BCUT2D eigenvalue weighted by molar-refractivity contribution is -0.251. The minimum atomic E-state index is -4.70. The Balaban J connectivity index is 1.54. The fourth-order valence-electron chi connectivity index (χ4n) is 4.47. The molecule has 1 saturated heterocycles. The minimum absolute atomic E-state index is 0.0193. The van der Waals surface area contributed by atoms with Gasteiger partial charge in [0.15, 0.2) is 11.5 Å². The Morgan fingerprint density at radius 1 is 1.24 bits per heavy atom. The van der Waals surface area contributed by atoms with Gasteiger partial charge in [-0.1, -0.05) is 30.3 Å². The summed E-state index contributed by atoms with van der Waals surface area (Å²) in [4.78, 5) is 47.3. The molecule has 198 valence electrons. The number of amides is 3. The number of morpholine rings is 1. The Morgan fingerprint density at radius 2 is 1.97 bits per heavy atom. The smallest absolute Gasteiger partial charge is 0.433 e. The molecule has 37 heavy (non-hydrogen) atoms. The van der Waals surface area contributed by atoms with Crippen molar-refractivity contribution >= 4 is 17.9 Å². The van der Waals surface area contributed by atoms with Crippen LogP contribution in [0.3, 0.4) is 0 Å². The molecule has 0 spiro atoms. The van der Waals surface area contributed by atoms with Crippen molar-refractivity contribution in [3.8, 4) is 11.4 Å². The van der Waals surface area contributed by atoms with Crippen LogP contribution in [0.15, 0.2) is 30.3 Å². The van der Waals surface area contributed by atoms with E-state index in [0.717, 1.165) is 0 Å². The summed E-state index contributed by atoms with van der Waals surface area (Å²) < 4.78 is 46.7. The van der Waals surface area contributed by atoms with Crippen LogP contribution in [0.4, 0.5) is 18.0 Å². The molecule has 3 heterocycles. The third-order valence-electron chi connectivity index (χ3n) is 6.22. The fraction of sp³-hybridized carbons (Fsp3) is 0.458. The third-order valence-corrected chi connectivity index (χ3v) is 6.22. The van der Waals surface area contributed by atoms with E-state index in [1.807, 2.05) is 0 Å². The van der Waals surface area contributed by atoms with E-state index >= 15 is 0 Å². The van der Waals surface area contributed by atoms with E-state index in [4.69, 9.17) is 4.74 Å². The number of fused-ring (bicyclic) bond motifs is 1. The second-order valence-corrected chi connectivity index (χ2v) is 9.00. The van der Waals surface area contributed by atoms with Crippen LogP contribution in [0.2, 0.25) is 0 Å². The SMILES string of the molecule is C[C@H]1CN(C[C@H](CC(=O)N2CCc3c(nc(-c4ccccc4)nc3C(F)(F)F)C2)NC(=O)[O-])C(=O)CO1. The highest BCUT2D eigenvalue weighted by atomic mass is 19.4. The summed E-state index contributed by atoms with van der Waals surface area (Å²) in [5.41, 5.74) is -0.599. The Labute approximate surface area is 210 Å². The van der Waals surface area contributed by atoms with Crippen LogP contribution in [-0.2, 0) is 33.5 Å². The van der Waals surface area contributed by atoms with Gasteiger partial charge < -0.3 is 29.8 Å². The largest absolute Gasteiger partial charge is 0.530 e. The molecule has 0 aliphatic carbocycles. The molecule has 1 aromatic carbocycles. The van der Waals surface area contributed by atoms with Crippen LogP contribution in [0, 0.1) is 0 Å². The van der Waals surface area contributed by atoms with Crippen LogP contribution in [0.1, 0.15) is 30.3 Å². The molecule has 0 radical (unpaired) electrons. The number of ether oxygens (including phenoxy) is 1. The van der Waals surface area contributed by atoms with Gasteiger partial charge >= 0.3 is 6.18 Å². The van der Waals surface area contributed by atoms with Crippen LogP contribution < -0.4 is 10.4 Å². The standard InChI is InChI=1S/C24H26F3N5O5/c1-14-10-32(20(34)13-37-14)11-16(28-23(35)36)9-19(33)31-8-7-17-18(12-31)29-22(15-5-3-2-4-6-15)30-21(17)24(25,26)27/h2-6,14,16,28H,7-13H2,1H3,(H,35,36)/p-1/t14-,16-/m0/s1. The topological polar surface area (TPSA) is 128 Å². The van der Waals surface area contributed by atoms with Crippen molar-refractivity contribution in [2.45, 2.75) is 44.6 Å². The predicted octanol–water partition coefficient (Wildman–Crippen LogP) is 0.986. The van der Waals surface area contributed by atoms with Gasteiger partial charge in [0.2, 0.25) is 11.8 Å². The second-order valence-electron chi connectivity index (χ2n) is 9.00. The van der Waals surface area contributed by atoms with Gasteiger partial charge in [0, 0.05) is 37.2 Å². The summed E-state index contributed by atoms with van der Waals surface area (Å²) in [7, 11) is 0. The summed E-state index contributed by atoms with van der Waals surface area (Å²) in [6.45, 7) is 1.56. The lowest BCUT2D eigenvalue weighted by Crippen LogP contribution is -2.55. The first-order valence-electron chi connectivity index (χ1n) is 11.7. The van der Waals surface area contributed by atoms with E-state index < -0.39 is 29.9 Å². The van der Waals surface area contributed by atoms with Crippen molar-refractivity contribution in [2.75, 3.05) is 26.2 Å². The molecule has 2 atom stereocenters. The highest BCUT2D eigenvalue weighted by Gasteiger charge is 2.39. The number of benzene rings is 1. The van der Waals surface area contributed by atoms with Crippen molar-refractivity contribution in [1.29, 1.82) is 0 Å². The number of carbonyl (C=O) groups excluding carboxylic acids is 3. The summed E-state index contributed by atoms with van der Waals surface area (Å²) in [6, 6.07) is 7.26. The summed E-state index contributed by atoms with van der Waals surface area (Å²) in [5, 5.41) is 13.4. The average Bonchev–Trinajstić information content (AvgIpc) is 2.84. The van der Waals surface area contributed by atoms with Gasteiger partial charge in [-0.15, -0.1) is 0 Å². The lowest BCUT2D eigenvalue weighted by Gasteiger charge is -2.35. The molecule has 2 aliphatic heterocycles. The van der Waals surface area contributed by atoms with Crippen LogP contribution in [-0.4, -0.2) is 76.1 Å². The number of alkyl halides is 3. The normalized spacial score (nSPS) is 18.8. The van der Waals surface area contributed by atoms with Crippen molar-refractivity contribution < 1.29 is 37.4 Å². The zero-order chi connectivity index (χ0) is 26.7. The molecule has 13 heteroatoms. The second kappa shape index (κ2) is 10.7. The highest BCUT2D eigenvalue weighted by Crippen LogP contribution is 2.35. The van der Waals surface area contributed by atoms with Gasteiger partial charge in [0.1, 0.15) is 12.7 Å². The maximum absolute atomic E-state index is 13.8. The molecule has 2 aromatic rings. The van der Waals surface area contributed by atoms with E-state index in [1.165, 1.54) is 9.80 Å². The van der Waals surface area contributed by atoms with E-state index in [9.17, 15) is 32.7 Å². The Kier molecular flexibility index (Phi) is 7.62. The first kappa shape index (κ1) is 26.3. The van der Waals surface area contributed by atoms with E-state index in [0.29, 0.717) is 5.56 Å². The van der Waals surface area contributed by atoms with Crippen molar-refractivity contribution in [2.24, 2.45) is 0 Å². The Morgan fingerprint density at radius 3 is 2.65 bits per heavy atom. The van der Waals surface area contributed by atoms with E-state index in [2.05, 4.69) is 15.3 Å². The lowest BCUT2D eigenvalue weighted by atomic mass is 10.0. The monoisotopic (exact) mass is 520 g/mol. The molecular weight excluding hydrogens is 495 g/mol. The molecule has 0 unspecified atom stereocenters. The predicted molar refractivity (Wildman–Crippen MR) is 121 cm³/mol. The molecule has 10 nitrogen and oxygen atoms in total. The first-order valence-corrected chi connectivity index (χ1v) is 11.7. The maximum atomic E-state index is 13.8. The molecule has 0 bridgehead atoms. The molecular formula is C24H25F3N5O5-. The fourth-order valence-corrected chi connectivity index (χ4v) is 4.47. The summed E-state index contributed by atoms with van der Waals surface area (Å²) in [5.74, 6) is -0.934. The number of nitrogens with one attached hydrogen (secondary N) is 1. The van der Waals surface area contributed by atoms with Crippen LogP contribution in [0.5, 0.6) is 0 Å². The number of halogens is 3. The average molecular weight is 520 g/mol. The van der Waals surface area contributed by atoms with Gasteiger partial charge in [0.05, 0.1) is 24.4 Å². The molecule has 4 rings (SSSR count). The van der Waals surface area contributed by atoms with Crippen LogP contribution in [0.25, 0.3) is 11.4 Å². The number of carbonyl (C=O) groups is 3. The Bertz CT molecular complexity index is 1180. The molecule has 1 aromatic heterocycles. The number of aromatic nitrogens is 2. The van der Waals surface area contributed by atoms with Gasteiger partial charge in [-0.25, -0.2) is 9.97 Å². The van der Waals surface area contributed by atoms with Gasteiger partial charge in [-0.2, -0.15) is 13.2 Å². The van der Waals surface area contributed by atoms with Crippen molar-refractivity contribution in [3.05, 3.63) is 47.3 Å². The van der Waals surface area contributed by atoms with Crippen LogP contribution >= 0.6 is 0 Å². The maximum Gasteiger partial charge on any atom is 0.433 e. The summed E-state index contributed by atoms with van der Waals surface area (Å²) >= 11 is 0. The zero-order valence-electron chi connectivity index (χ0n) is 20.0. The van der Waals surface area contributed by atoms with E-state index in [-0.39, 0.29) is 74.7 Å². The molecule has 3 amide bonds. The number of carboxylic acid groups (broad SMARTS) is 1. The molecule has 1 N–H and O–H groups in total. The first-order chi connectivity index (χ1) is 17.5.